The fourth-order valence-electron chi connectivity index (χ4n) is 0.638. The van der Waals surface area contributed by atoms with Crippen LogP contribution in [0.5, 0.6) is 0 Å². The van der Waals surface area contributed by atoms with Crippen molar-refractivity contribution in [3.8, 4) is 0 Å². The van der Waals surface area contributed by atoms with Gasteiger partial charge >= 0.3 is 11.9 Å². The molecule has 13 heavy (non-hydrogen) atoms. The summed E-state index contributed by atoms with van der Waals surface area (Å²) in [4.78, 5) is 30.2. The first-order chi connectivity index (χ1) is 5.93. The van der Waals surface area contributed by atoms with Gasteiger partial charge in [0, 0.05) is 6.42 Å². The highest BCUT2D eigenvalue weighted by molar-refractivity contribution is 5.74. The highest BCUT2D eigenvalue weighted by atomic mass is 16.7. The van der Waals surface area contributed by atoms with E-state index in [1.54, 1.807) is 0 Å². The van der Waals surface area contributed by atoms with E-state index in [0.717, 1.165) is 0 Å². The second kappa shape index (κ2) is 4.91. The van der Waals surface area contributed by atoms with Crippen molar-refractivity contribution in [2.24, 2.45) is 0 Å². The summed E-state index contributed by atoms with van der Waals surface area (Å²) in [7, 11) is 0. The Labute approximate surface area is 72.3 Å². The van der Waals surface area contributed by atoms with Crippen LogP contribution in [0.4, 0.5) is 0 Å². The molecule has 0 saturated heterocycles. The number of nitrogens with one attached hydrogen (secondary N) is 1. The molecule has 0 aliphatic heterocycles. The number of rotatable bonds is 6. The number of carbonyl (C=O) groups is 2. The van der Waals surface area contributed by atoms with E-state index in [4.69, 9.17) is 10.2 Å². The zero-order valence-electron chi connectivity index (χ0n) is 6.47. The lowest BCUT2D eigenvalue weighted by atomic mass is 10.2. The van der Waals surface area contributed by atoms with E-state index in [1.807, 2.05) is 0 Å². The molecule has 0 aromatic heterocycles. The predicted molar refractivity (Wildman–Crippen MR) is 38.4 cm³/mol. The van der Waals surface area contributed by atoms with Crippen LogP contribution in [0.1, 0.15) is 12.8 Å². The second-order valence-electron chi connectivity index (χ2n) is 2.21. The van der Waals surface area contributed by atoms with E-state index in [1.165, 1.54) is 5.43 Å². The molecule has 0 aliphatic carbocycles. The Hall–Kier alpha value is -1.86. The summed E-state index contributed by atoms with van der Waals surface area (Å²) in [5.41, 5.74) is 1.49. The Morgan fingerprint density at radius 1 is 1.46 bits per heavy atom. The maximum Gasteiger partial charge on any atom is 0.332 e. The Balaban J connectivity index is 4.02. The van der Waals surface area contributed by atoms with Gasteiger partial charge in [0.25, 0.3) is 0 Å². The lowest BCUT2D eigenvalue weighted by molar-refractivity contribution is -0.549. The average molecular weight is 192 g/mol. The molecule has 0 saturated carbocycles. The number of carboxylic acids is 2. The van der Waals surface area contributed by atoms with Crippen molar-refractivity contribution < 1.29 is 24.8 Å². The van der Waals surface area contributed by atoms with Gasteiger partial charge in [-0.25, -0.2) is 14.9 Å². The van der Waals surface area contributed by atoms with E-state index in [0.29, 0.717) is 0 Å². The second-order valence-corrected chi connectivity index (χ2v) is 2.21. The molecule has 74 valence electrons. The Bertz CT molecular complexity index is 227. The lowest BCUT2D eigenvalue weighted by Gasteiger charge is -2.06. The quantitative estimate of drug-likeness (QED) is 0.366. The van der Waals surface area contributed by atoms with Crippen LogP contribution in [0.2, 0.25) is 0 Å². The van der Waals surface area contributed by atoms with Crippen molar-refractivity contribution in [3.63, 3.8) is 0 Å². The summed E-state index contributed by atoms with van der Waals surface area (Å²) in [5.74, 6) is -2.64. The van der Waals surface area contributed by atoms with Gasteiger partial charge < -0.3 is 10.2 Å². The monoisotopic (exact) mass is 192 g/mol. The van der Waals surface area contributed by atoms with Gasteiger partial charge in [-0.05, 0) is 6.42 Å². The fourth-order valence-corrected chi connectivity index (χ4v) is 0.638. The molecule has 8 heteroatoms. The molecule has 1 unspecified atom stereocenters. The number of hydrazine groups is 1. The number of hydrogen-bond acceptors (Lipinski definition) is 4. The summed E-state index contributed by atoms with van der Waals surface area (Å²) in [6.07, 6.45) is -0.760. The van der Waals surface area contributed by atoms with Crippen molar-refractivity contribution in [1.29, 1.82) is 0 Å². The summed E-state index contributed by atoms with van der Waals surface area (Å²) >= 11 is 0. The van der Waals surface area contributed by atoms with Gasteiger partial charge in [0.2, 0.25) is 0 Å². The third kappa shape index (κ3) is 5.41. The van der Waals surface area contributed by atoms with Gasteiger partial charge in [-0.15, -0.1) is 5.43 Å². The third-order valence-electron chi connectivity index (χ3n) is 1.21. The van der Waals surface area contributed by atoms with Gasteiger partial charge in [0.05, 0.1) is 0 Å². The van der Waals surface area contributed by atoms with Crippen LogP contribution in [-0.4, -0.2) is 33.2 Å². The largest absolute Gasteiger partial charge is 0.481 e. The number of carboxylic acid groups (broad SMARTS) is 2. The van der Waals surface area contributed by atoms with Crippen LogP contribution in [-0.2, 0) is 9.59 Å². The normalized spacial score (nSPS) is 11.7. The molecule has 0 heterocycles. The van der Waals surface area contributed by atoms with Crippen molar-refractivity contribution in [2.45, 2.75) is 18.9 Å². The zero-order chi connectivity index (χ0) is 10.4. The van der Waals surface area contributed by atoms with E-state index in [-0.39, 0.29) is 6.42 Å². The molecule has 0 spiro atoms. The van der Waals surface area contributed by atoms with E-state index in [2.05, 4.69) is 0 Å². The number of nitrogens with zero attached hydrogens (tertiary/aromatic N) is 1. The number of aliphatic carboxylic acids is 2. The van der Waals surface area contributed by atoms with Crippen LogP contribution in [0.15, 0.2) is 0 Å². The Kier molecular flexibility index (Phi) is 4.20. The standard InChI is InChI=1S/C5H8N2O6/c8-4(9)2-1-3(5(10)11)6-7(12)13/h3,6H,1-2H2,(H,8,9)(H,10,11). The molecule has 0 aromatic carbocycles. The smallest absolute Gasteiger partial charge is 0.332 e. The highest BCUT2D eigenvalue weighted by Gasteiger charge is 2.22. The summed E-state index contributed by atoms with van der Waals surface area (Å²) < 4.78 is 0. The van der Waals surface area contributed by atoms with Gasteiger partial charge in [-0.1, -0.05) is 0 Å². The molecule has 3 N–H and O–H groups in total. The van der Waals surface area contributed by atoms with E-state index < -0.39 is 29.4 Å². The predicted octanol–water partition coefficient (Wildman–Crippen LogP) is -0.914. The topological polar surface area (TPSA) is 130 Å². The minimum atomic E-state index is -1.47. The molecule has 0 aliphatic rings. The Morgan fingerprint density at radius 2 is 2.00 bits per heavy atom. The molecule has 0 bridgehead atoms. The first-order valence-corrected chi connectivity index (χ1v) is 3.28. The average Bonchev–Trinajstić information content (AvgIpc) is 1.96. The summed E-state index contributed by atoms with van der Waals surface area (Å²) in [6, 6.07) is -1.47. The van der Waals surface area contributed by atoms with Crippen LogP contribution in [0.25, 0.3) is 0 Å². The van der Waals surface area contributed by atoms with Crippen molar-refractivity contribution in [3.05, 3.63) is 10.1 Å². The molecule has 1 atom stereocenters. The third-order valence-corrected chi connectivity index (χ3v) is 1.21. The molecule has 8 nitrogen and oxygen atoms in total. The lowest BCUT2D eigenvalue weighted by Crippen LogP contribution is -2.40. The molecule has 0 aromatic rings. The molecule has 0 amide bonds. The number of hydrogen-bond donors (Lipinski definition) is 3. The molecule has 0 fully saturated rings. The van der Waals surface area contributed by atoms with Gasteiger partial charge in [0.15, 0.2) is 11.1 Å². The minimum Gasteiger partial charge on any atom is -0.481 e. The van der Waals surface area contributed by atoms with Crippen molar-refractivity contribution in [1.82, 2.24) is 5.43 Å². The summed E-state index contributed by atoms with van der Waals surface area (Å²) in [6.45, 7) is 0. The molecule has 0 rings (SSSR count). The van der Waals surface area contributed by atoms with Gasteiger partial charge in [-0.2, -0.15) is 0 Å². The van der Waals surface area contributed by atoms with Crippen molar-refractivity contribution >= 4 is 11.9 Å². The molecule has 0 radical (unpaired) electrons. The maximum atomic E-state index is 10.3. The highest BCUT2D eigenvalue weighted by Crippen LogP contribution is 1.97. The van der Waals surface area contributed by atoms with Crippen molar-refractivity contribution in [2.75, 3.05) is 0 Å². The summed E-state index contributed by atoms with van der Waals surface area (Å²) in [5, 5.41) is 25.4. The van der Waals surface area contributed by atoms with Gasteiger partial charge in [-0.3, -0.25) is 4.79 Å². The Morgan fingerprint density at radius 3 is 2.31 bits per heavy atom. The maximum absolute atomic E-state index is 10.3. The molecular weight excluding hydrogens is 184 g/mol. The zero-order valence-corrected chi connectivity index (χ0v) is 6.47. The van der Waals surface area contributed by atoms with E-state index >= 15 is 0 Å². The minimum absolute atomic E-state index is 0.328. The first kappa shape index (κ1) is 11.1. The van der Waals surface area contributed by atoms with Gasteiger partial charge in [0.1, 0.15) is 0 Å². The van der Waals surface area contributed by atoms with Crippen LogP contribution >= 0.6 is 0 Å². The fraction of sp³-hybridized carbons (Fsp3) is 0.600. The van der Waals surface area contributed by atoms with E-state index in [9.17, 15) is 19.7 Å². The number of nitro groups is 1. The molecular formula is C5H8N2O6. The van der Waals surface area contributed by atoms with Crippen LogP contribution < -0.4 is 5.43 Å². The van der Waals surface area contributed by atoms with Crippen LogP contribution in [0.3, 0.4) is 0 Å². The first-order valence-electron chi connectivity index (χ1n) is 3.28. The SMILES string of the molecule is O=C(O)CCC(N[N+](=O)[O-])C(=O)O. The van der Waals surface area contributed by atoms with Crippen LogP contribution in [0, 0.1) is 10.1 Å².